The molecule has 1 aromatic heterocycles. The van der Waals surface area contributed by atoms with Gasteiger partial charge in [-0.05, 0) is 23.9 Å². The van der Waals surface area contributed by atoms with Gasteiger partial charge in [-0.3, -0.25) is 0 Å². The van der Waals surface area contributed by atoms with Gasteiger partial charge in [0.05, 0.1) is 6.61 Å². The van der Waals surface area contributed by atoms with Crippen LogP contribution in [0.5, 0.6) is 5.75 Å². The second kappa shape index (κ2) is 6.34. The van der Waals surface area contributed by atoms with Gasteiger partial charge in [0, 0.05) is 7.11 Å². The summed E-state index contributed by atoms with van der Waals surface area (Å²) in [6.07, 6.45) is 2.27. The number of methoxy groups -OCH3 is 1. The summed E-state index contributed by atoms with van der Waals surface area (Å²) in [5, 5.41) is 0.350. The highest BCUT2D eigenvalue weighted by Gasteiger charge is 2.14. The number of fused-ring (bicyclic) bond motifs is 1. The Labute approximate surface area is 115 Å². The summed E-state index contributed by atoms with van der Waals surface area (Å²) in [5.41, 5.74) is -0.735. The summed E-state index contributed by atoms with van der Waals surface area (Å²) in [4.78, 5) is 11.8. The lowest BCUT2D eigenvalue weighted by atomic mass is 10.1. The molecule has 0 N–H and O–H groups in total. The van der Waals surface area contributed by atoms with Gasteiger partial charge >= 0.3 is 5.63 Å². The zero-order chi connectivity index (χ0) is 14.5. The highest BCUT2D eigenvalue weighted by atomic mass is 19.1. The van der Waals surface area contributed by atoms with Crippen LogP contribution in [-0.2, 0) is 11.3 Å². The third-order valence-corrected chi connectivity index (χ3v) is 2.75. The summed E-state index contributed by atoms with van der Waals surface area (Å²) in [5.74, 6) is -0.319. The predicted octanol–water partition coefficient (Wildman–Crippen LogP) is 3.03. The lowest BCUT2D eigenvalue weighted by Crippen LogP contribution is -2.07. The molecule has 0 saturated heterocycles. The van der Waals surface area contributed by atoms with Crippen LogP contribution in [0.4, 0.5) is 4.39 Å². The molecule has 0 atom stereocenters. The molecule has 1 heterocycles. The first kappa shape index (κ1) is 14.3. The van der Waals surface area contributed by atoms with E-state index in [1.165, 1.54) is 13.2 Å². The highest BCUT2D eigenvalue weighted by Crippen LogP contribution is 2.25. The maximum Gasteiger partial charge on any atom is 0.347 e. The molecule has 0 aliphatic rings. The molecule has 0 fully saturated rings. The number of hydrogen-bond acceptors (Lipinski definition) is 4. The SMILES string of the molecule is C=CCCOc1ccc2cc(COC)oc(=O)c2c1F. The zero-order valence-electron chi connectivity index (χ0n) is 11.1. The minimum atomic E-state index is -0.735. The third kappa shape index (κ3) is 2.88. The summed E-state index contributed by atoms with van der Waals surface area (Å²) < 4.78 is 29.4. The molecule has 0 saturated carbocycles. The minimum absolute atomic E-state index is 0.0335. The average Bonchev–Trinajstić information content (AvgIpc) is 2.41. The Morgan fingerprint density at radius 3 is 2.95 bits per heavy atom. The number of rotatable bonds is 6. The van der Waals surface area contributed by atoms with E-state index in [0.717, 1.165) is 0 Å². The van der Waals surface area contributed by atoms with Crippen LogP contribution in [0, 0.1) is 5.82 Å². The van der Waals surface area contributed by atoms with E-state index in [-0.39, 0.29) is 17.7 Å². The largest absolute Gasteiger partial charge is 0.490 e. The second-order valence-corrected chi connectivity index (χ2v) is 4.20. The van der Waals surface area contributed by atoms with Crippen LogP contribution in [0.25, 0.3) is 10.8 Å². The van der Waals surface area contributed by atoms with Crippen LogP contribution in [0.1, 0.15) is 12.2 Å². The Kier molecular flexibility index (Phi) is 4.53. The molecule has 0 unspecified atom stereocenters. The number of benzene rings is 1. The van der Waals surface area contributed by atoms with Gasteiger partial charge in [-0.2, -0.15) is 0 Å². The van der Waals surface area contributed by atoms with Crippen LogP contribution in [0.3, 0.4) is 0 Å². The fourth-order valence-corrected chi connectivity index (χ4v) is 1.85. The van der Waals surface area contributed by atoms with Crippen molar-refractivity contribution in [1.82, 2.24) is 0 Å². The first-order chi connectivity index (χ1) is 9.67. The van der Waals surface area contributed by atoms with Crippen molar-refractivity contribution in [3.63, 3.8) is 0 Å². The summed E-state index contributed by atoms with van der Waals surface area (Å²) >= 11 is 0. The smallest absolute Gasteiger partial charge is 0.347 e. The van der Waals surface area contributed by atoms with E-state index in [4.69, 9.17) is 13.9 Å². The standard InChI is InChI=1S/C15H15FO4/c1-3-4-7-19-12-6-5-10-8-11(9-18-2)20-15(17)13(10)14(12)16/h3,5-6,8H,1,4,7,9H2,2H3. The average molecular weight is 278 g/mol. The van der Waals surface area contributed by atoms with Crippen molar-refractivity contribution in [3.8, 4) is 5.75 Å². The topological polar surface area (TPSA) is 48.7 Å². The van der Waals surface area contributed by atoms with Crippen LogP contribution >= 0.6 is 0 Å². The molecule has 4 nitrogen and oxygen atoms in total. The number of halogens is 1. The van der Waals surface area contributed by atoms with Crippen LogP contribution < -0.4 is 10.4 Å². The molecule has 0 radical (unpaired) electrons. The fraction of sp³-hybridized carbons (Fsp3) is 0.267. The van der Waals surface area contributed by atoms with Gasteiger partial charge in [-0.1, -0.05) is 12.1 Å². The maximum atomic E-state index is 14.2. The maximum absolute atomic E-state index is 14.2. The molecule has 2 rings (SSSR count). The number of ether oxygens (including phenoxy) is 2. The van der Waals surface area contributed by atoms with Crippen molar-refractivity contribution in [2.45, 2.75) is 13.0 Å². The first-order valence-electron chi connectivity index (χ1n) is 6.15. The van der Waals surface area contributed by atoms with Crippen LogP contribution in [0.2, 0.25) is 0 Å². The quantitative estimate of drug-likeness (QED) is 0.602. The van der Waals surface area contributed by atoms with Crippen molar-refractivity contribution in [1.29, 1.82) is 0 Å². The van der Waals surface area contributed by atoms with Crippen molar-refractivity contribution in [2.24, 2.45) is 0 Å². The summed E-state index contributed by atoms with van der Waals surface area (Å²) in [6.45, 7) is 4.02. The van der Waals surface area contributed by atoms with Crippen LogP contribution in [0.15, 0.2) is 40.1 Å². The van der Waals surface area contributed by atoms with E-state index < -0.39 is 11.4 Å². The summed E-state index contributed by atoms with van der Waals surface area (Å²) in [6, 6.07) is 4.70. The van der Waals surface area contributed by atoms with Crippen molar-refractivity contribution >= 4 is 10.8 Å². The Bertz CT molecular complexity index is 675. The van der Waals surface area contributed by atoms with Crippen molar-refractivity contribution in [3.05, 3.63) is 52.9 Å². The third-order valence-electron chi connectivity index (χ3n) is 2.75. The van der Waals surface area contributed by atoms with Crippen molar-refractivity contribution in [2.75, 3.05) is 13.7 Å². The molecule has 5 heteroatoms. The van der Waals surface area contributed by atoms with E-state index in [2.05, 4.69) is 6.58 Å². The van der Waals surface area contributed by atoms with Crippen LogP contribution in [-0.4, -0.2) is 13.7 Å². The van der Waals surface area contributed by atoms with Gasteiger partial charge in [-0.25, -0.2) is 9.18 Å². The van der Waals surface area contributed by atoms with Gasteiger partial charge in [0.25, 0.3) is 0 Å². The minimum Gasteiger partial charge on any atom is -0.490 e. The Hall–Kier alpha value is -2.14. The lowest BCUT2D eigenvalue weighted by molar-refractivity contribution is 0.161. The van der Waals surface area contributed by atoms with E-state index in [0.29, 0.717) is 24.2 Å². The molecule has 0 aliphatic heterocycles. The first-order valence-corrected chi connectivity index (χ1v) is 6.15. The van der Waals surface area contributed by atoms with E-state index >= 15 is 0 Å². The molecule has 0 bridgehead atoms. The molecular weight excluding hydrogens is 263 g/mol. The highest BCUT2D eigenvalue weighted by molar-refractivity contribution is 5.83. The van der Waals surface area contributed by atoms with Gasteiger partial charge in [-0.15, -0.1) is 6.58 Å². The predicted molar refractivity (Wildman–Crippen MR) is 73.5 cm³/mol. The molecular formula is C15H15FO4. The molecule has 0 amide bonds. The van der Waals surface area contributed by atoms with Gasteiger partial charge in [0.2, 0.25) is 0 Å². The molecule has 0 spiro atoms. The second-order valence-electron chi connectivity index (χ2n) is 4.20. The van der Waals surface area contributed by atoms with Gasteiger partial charge < -0.3 is 13.9 Å². The fourth-order valence-electron chi connectivity index (χ4n) is 1.85. The van der Waals surface area contributed by atoms with Gasteiger partial charge in [0.1, 0.15) is 17.8 Å². The molecule has 0 aliphatic carbocycles. The number of hydrogen-bond donors (Lipinski definition) is 0. The Morgan fingerprint density at radius 1 is 1.45 bits per heavy atom. The Morgan fingerprint density at radius 2 is 2.25 bits per heavy atom. The monoisotopic (exact) mass is 278 g/mol. The van der Waals surface area contributed by atoms with E-state index in [1.54, 1.807) is 18.2 Å². The van der Waals surface area contributed by atoms with Gasteiger partial charge in [0.15, 0.2) is 11.6 Å². The normalized spacial score (nSPS) is 10.7. The molecule has 106 valence electrons. The van der Waals surface area contributed by atoms with Crippen molar-refractivity contribution < 1.29 is 18.3 Å². The molecule has 2 aromatic rings. The summed E-state index contributed by atoms with van der Waals surface area (Å²) in [7, 11) is 1.49. The zero-order valence-corrected chi connectivity index (χ0v) is 11.1. The molecule has 20 heavy (non-hydrogen) atoms. The van der Waals surface area contributed by atoms with E-state index in [9.17, 15) is 9.18 Å². The van der Waals surface area contributed by atoms with E-state index in [1.807, 2.05) is 0 Å². The molecule has 1 aromatic carbocycles. The lowest BCUT2D eigenvalue weighted by Gasteiger charge is -2.08. The Balaban J connectivity index is 2.45.